The van der Waals surface area contributed by atoms with E-state index in [1.807, 2.05) is 26.4 Å². The Kier molecular flexibility index (Phi) is 5.53. The Morgan fingerprint density at radius 1 is 1.23 bits per heavy atom. The van der Waals surface area contributed by atoms with Gasteiger partial charge in [0.25, 0.3) is 0 Å². The van der Waals surface area contributed by atoms with Crippen LogP contribution in [0.25, 0.3) is 0 Å². The van der Waals surface area contributed by atoms with E-state index >= 15 is 0 Å². The molecule has 0 atom stereocenters. The molecule has 162 valence electrons. The van der Waals surface area contributed by atoms with E-state index in [4.69, 9.17) is 4.98 Å². The molecule has 1 saturated carbocycles. The second-order valence-electron chi connectivity index (χ2n) is 8.84. The van der Waals surface area contributed by atoms with Crippen molar-refractivity contribution in [2.45, 2.75) is 51.5 Å². The van der Waals surface area contributed by atoms with Crippen molar-refractivity contribution in [2.24, 2.45) is 12.5 Å². The summed E-state index contributed by atoms with van der Waals surface area (Å²) < 4.78 is 1.74. The molecule has 30 heavy (non-hydrogen) atoms. The van der Waals surface area contributed by atoms with E-state index in [0.29, 0.717) is 30.5 Å². The zero-order valence-electron chi connectivity index (χ0n) is 18.0. The molecule has 9 heteroatoms. The molecule has 2 aromatic heterocycles. The normalized spacial score (nSPS) is 19.1. The maximum absolute atomic E-state index is 11.2. The number of nitrogens with zero attached hydrogens (tertiary/aromatic N) is 6. The van der Waals surface area contributed by atoms with Crippen molar-refractivity contribution < 1.29 is 9.90 Å². The third-order valence-electron chi connectivity index (χ3n) is 6.90. The molecule has 3 heterocycles. The van der Waals surface area contributed by atoms with Crippen LogP contribution < -0.4 is 10.2 Å². The molecule has 0 aromatic carbocycles. The van der Waals surface area contributed by atoms with Gasteiger partial charge in [0, 0.05) is 51.2 Å². The van der Waals surface area contributed by atoms with Crippen LogP contribution in [0.4, 0.5) is 22.2 Å². The van der Waals surface area contributed by atoms with Crippen LogP contribution in [-0.4, -0.2) is 62.0 Å². The number of amides is 1. The van der Waals surface area contributed by atoms with Crippen molar-refractivity contribution in [3.63, 3.8) is 0 Å². The number of hydrogen-bond donors (Lipinski definition) is 2. The number of hydrogen-bond acceptors (Lipinski definition) is 6. The van der Waals surface area contributed by atoms with E-state index in [9.17, 15) is 9.90 Å². The minimum Gasteiger partial charge on any atom is -0.465 e. The van der Waals surface area contributed by atoms with E-state index in [2.05, 4.69) is 27.3 Å². The number of piperidine rings is 1. The van der Waals surface area contributed by atoms with Crippen molar-refractivity contribution in [2.75, 3.05) is 30.4 Å². The Bertz CT molecular complexity index is 895. The summed E-state index contributed by atoms with van der Waals surface area (Å²) in [4.78, 5) is 24.3. The van der Waals surface area contributed by atoms with Gasteiger partial charge in [-0.15, -0.1) is 0 Å². The van der Waals surface area contributed by atoms with E-state index in [1.165, 1.54) is 0 Å². The van der Waals surface area contributed by atoms with E-state index < -0.39 is 6.09 Å². The van der Waals surface area contributed by atoms with Gasteiger partial charge >= 0.3 is 6.09 Å². The average Bonchev–Trinajstić information content (AvgIpc) is 3.14. The van der Waals surface area contributed by atoms with Gasteiger partial charge in [0.15, 0.2) is 0 Å². The molecular formula is C21H31N7O2. The lowest BCUT2D eigenvalue weighted by Crippen LogP contribution is -2.46. The first-order chi connectivity index (χ1) is 14.3. The molecular weight excluding hydrogens is 382 g/mol. The smallest absolute Gasteiger partial charge is 0.407 e. The lowest BCUT2D eigenvalue weighted by Gasteiger charge is -2.47. The van der Waals surface area contributed by atoms with Gasteiger partial charge in [-0.1, -0.05) is 0 Å². The van der Waals surface area contributed by atoms with Crippen molar-refractivity contribution in [3.8, 4) is 0 Å². The highest BCUT2D eigenvalue weighted by Gasteiger charge is 2.40. The third-order valence-corrected chi connectivity index (χ3v) is 6.90. The first kappa shape index (κ1) is 20.4. The number of likely N-dealkylation sites (tertiary alicyclic amines) is 1. The first-order valence-corrected chi connectivity index (χ1v) is 10.7. The van der Waals surface area contributed by atoms with E-state index in [-0.39, 0.29) is 0 Å². The first-order valence-electron chi connectivity index (χ1n) is 10.7. The van der Waals surface area contributed by atoms with E-state index in [1.54, 1.807) is 15.8 Å². The summed E-state index contributed by atoms with van der Waals surface area (Å²) in [7, 11) is 4.00. The number of rotatable bonds is 4. The summed E-state index contributed by atoms with van der Waals surface area (Å²) >= 11 is 0. The number of aryl methyl sites for hydroxylation is 2. The van der Waals surface area contributed by atoms with Crippen molar-refractivity contribution in [1.29, 1.82) is 0 Å². The number of anilines is 3. The lowest BCUT2D eigenvalue weighted by atomic mass is 9.67. The predicted octanol–water partition coefficient (Wildman–Crippen LogP) is 3.40. The molecule has 1 saturated heterocycles. The molecule has 2 aliphatic rings. The van der Waals surface area contributed by atoms with E-state index in [0.717, 1.165) is 55.6 Å². The Morgan fingerprint density at radius 3 is 2.53 bits per heavy atom. The zero-order chi connectivity index (χ0) is 21.3. The molecule has 1 aliphatic heterocycles. The predicted molar refractivity (Wildman–Crippen MR) is 115 cm³/mol. The highest BCUT2D eigenvalue weighted by Crippen LogP contribution is 2.46. The van der Waals surface area contributed by atoms with Crippen LogP contribution in [0.2, 0.25) is 0 Å². The van der Waals surface area contributed by atoms with Crippen LogP contribution in [0.3, 0.4) is 0 Å². The van der Waals surface area contributed by atoms with Gasteiger partial charge in [-0.25, -0.2) is 9.78 Å². The van der Waals surface area contributed by atoms with Gasteiger partial charge < -0.3 is 20.2 Å². The Balaban J connectivity index is 1.40. The van der Waals surface area contributed by atoms with Gasteiger partial charge in [0.1, 0.15) is 5.82 Å². The minimum absolute atomic E-state index is 0.316. The van der Waals surface area contributed by atoms with Crippen LogP contribution >= 0.6 is 0 Å². The number of aromatic nitrogens is 4. The molecule has 1 aliphatic carbocycles. The molecule has 2 N–H and O–H groups in total. The highest BCUT2D eigenvalue weighted by molar-refractivity contribution is 5.65. The number of carbonyl (C=O) groups is 1. The largest absolute Gasteiger partial charge is 0.465 e. The molecule has 2 fully saturated rings. The fourth-order valence-corrected chi connectivity index (χ4v) is 4.91. The topological polar surface area (TPSA) is 99.4 Å². The van der Waals surface area contributed by atoms with Crippen molar-refractivity contribution in [1.82, 2.24) is 24.6 Å². The molecule has 0 radical (unpaired) electrons. The van der Waals surface area contributed by atoms with Gasteiger partial charge in [0.05, 0.1) is 11.9 Å². The molecule has 0 unspecified atom stereocenters. The molecule has 2 aromatic rings. The lowest BCUT2D eigenvalue weighted by molar-refractivity contribution is 0.0601. The quantitative estimate of drug-likeness (QED) is 0.792. The third kappa shape index (κ3) is 4.20. The fourth-order valence-electron chi connectivity index (χ4n) is 4.91. The molecule has 1 spiro atoms. The fraction of sp³-hybridized carbons (Fsp3) is 0.619. The number of nitrogens with one attached hydrogen (secondary N) is 1. The van der Waals surface area contributed by atoms with Crippen LogP contribution in [0, 0.1) is 12.3 Å². The summed E-state index contributed by atoms with van der Waals surface area (Å²) in [5.74, 6) is 1.53. The molecule has 9 nitrogen and oxygen atoms in total. The summed E-state index contributed by atoms with van der Waals surface area (Å²) in [6.07, 6.45) is 11.2. The summed E-state index contributed by atoms with van der Waals surface area (Å²) in [6, 6.07) is 0.438. The SMILES string of the molecule is Cc1cnc(Nc2cnn(C)c2)nc1N(C)C1CCC2(CC1)CCN(C(=O)O)CC2. The van der Waals surface area contributed by atoms with Gasteiger partial charge in [0.2, 0.25) is 5.95 Å². The van der Waals surface area contributed by atoms with Crippen LogP contribution in [0.1, 0.15) is 44.1 Å². The Labute approximate surface area is 177 Å². The van der Waals surface area contributed by atoms with Crippen molar-refractivity contribution in [3.05, 3.63) is 24.2 Å². The maximum atomic E-state index is 11.2. The highest BCUT2D eigenvalue weighted by atomic mass is 16.4. The molecule has 0 bridgehead atoms. The average molecular weight is 414 g/mol. The number of carboxylic acid groups (broad SMARTS) is 1. The van der Waals surface area contributed by atoms with Crippen molar-refractivity contribution >= 4 is 23.5 Å². The van der Waals surface area contributed by atoms with Gasteiger partial charge in [-0.05, 0) is 50.9 Å². The van der Waals surface area contributed by atoms with Gasteiger partial charge in [-0.2, -0.15) is 10.1 Å². The summed E-state index contributed by atoms with van der Waals surface area (Å²) in [6.45, 7) is 3.39. The van der Waals surface area contributed by atoms with Crippen LogP contribution in [0.15, 0.2) is 18.6 Å². The summed E-state index contributed by atoms with van der Waals surface area (Å²) in [5, 5.41) is 16.6. The summed E-state index contributed by atoms with van der Waals surface area (Å²) in [5.41, 5.74) is 2.24. The maximum Gasteiger partial charge on any atom is 0.407 e. The van der Waals surface area contributed by atoms with Crippen LogP contribution in [-0.2, 0) is 7.05 Å². The van der Waals surface area contributed by atoms with Gasteiger partial charge in [-0.3, -0.25) is 4.68 Å². The Hall–Kier alpha value is -2.84. The zero-order valence-corrected chi connectivity index (χ0v) is 18.0. The Morgan fingerprint density at radius 2 is 1.93 bits per heavy atom. The second-order valence-corrected chi connectivity index (χ2v) is 8.84. The standard InChI is InChI=1S/C21H31N7O2/c1-15-12-22-19(24-16-13-23-26(2)14-16)25-18(15)27(3)17-4-6-21(7-5-17)8-10-28(11-9-21)20(29)30/h12-14,17H,4-11H2,1-3H3,(H,29,30)(H,22,24,25). The molecule has 1 amide bonds. The second kappa shape index (κ2) is 8.12. The van der Waals surface area contributed by atoms with Crippen LogP contribution in [0.5, 0.6) is 0 Å². The molecule has 4 rings (SSSR count). The minimum atomic E-state index is -0.784. The monoisotopic (exact) mass is 413 g/mol.